The number of nitrogens with one attached hydrogen (secondary N) is 2. The zero-order chi connectivity index (χ0) is 40.2. The van der Waals surface area contributed by atoms with Crippen LogP contribution in [0.2, 0.25) is 0 Å². The van der Waals surface area contributed by atoms with Crippen molar-refractivity contribution in [2.75, 3.05) is 65.7 Å². The molecule has 15 heteroatoms. The highest BCUT2D eigenvalue weighted by molar-refractivity contribution is 6.24. The average Bonchev–Trinajstić information content (AvgIpc) is 3.72. The summed E-state index contributed by atoms with van der Waals surface area (Å²) in [6, 6.07) is 15.5. The number of carbonyl (C=O) groups is 3. The molecule has 58 heavy (non-hydrogen) atoms. The lowest BCUT2D eigenvalue weighted by molar-refractivity contribution is -0.125. The number of allylic oxidation sites excluding steroid dienone is 1. The van der Waals surface area contributed by atoms with Crippen LogP contribution in [0.15, 0.2) is 85.5 Å². The molecule has 6 heterocycles. The molecule has 1 atom stereocenters. The van der Waals surface area contributed by atoms with Crippen LogP contribution in [0.25, 0.3) is 32.9 Å². The number of halogens is 2. The SMILES string of the molecule is C=C1CCC(N2C(=O)c3cccc(OCC(F)(F)COCCCCN4CCN(CCOc5ccc(-c6ccc7c(c6)[nH]c6ccncc67)cn5)CC4)c3C2=O)C(=O)N1. The molecular formula is C43H45F2N7O6. The number of fused-ring (bicyclic) bond motifs is 4. The van der Waals surface area contributed by atoms with Gasteiger partial charge in [-0.1, -0.05) is 24.8 Å². The van der Waals surface area contributed by atoms with Gasteiger partial charge >= 0.3 is 5.92 Å². The summed E-state index contributed by atoms with van der Waals surface area (Å²) in [5.41, 5.74) is 4.60. The number of piperazine rings is 1. The number of alkyl halides is 2. The molecule has 8 rings (SSSR count). The van der Waals surface area contributed by atoms with E-state index in [0.717, 1.165) is 83.5 Å². The van der Waals surface area contributed by atoms with Gasteiger partial charge in [0.15, 0.2) is 6.61 Å². The third-order valence-corrected chi connectivity index (χ3v) is 10.9. The van der Waals surface area contributed by atoms with E-state index in [1.807, 2.05) is 30.6 Å². The zero-order valence-corrected chi connectivity index (χ0v) is 32.1. The molecule has 0 saturated carbocycles. The number of aromatic amines is 1. The van der Waals surface area contributed by atoms with Crippen LogP contribution >= 0.6 is 0 Å². The van der Waals surface area contributed by atoms with Crippen molar-refractivity contribution in [2.45, 2.75) is 37.6 Å². The smallest absolute Gasteiger partial charge is 0.304 e. The van der Waals surface area contributed by atoms with Crippen LogP contribution in [-0.2, 0) is 9.53 Å². The summed E-state index contributed by atoms with van der Waals surface area (Å²) in [6.07, 6.45) is 7.59. The first-order chi connectivity index (χ1) is 28.1. The van der Waals surface area contributed by atoms with Crippen molar-refractivity contribution in [2.24, 2.45) is 0 Å². The number of imide groups is 1. The van der Waals surface area contributed by atoms with E-state index < -0.39 is 42.9 Å². The van der Waals surface area contributed by atoms with Gasteiger partial charge in [-0.05, 0) is 68.1 Å². The van der Waals surface area contributed by atoms with E-state index in [4.69, 9.17) is 14.2 Å². The Balaban J connectivity index is 0.697. The van der Waals surface area contributed by atoms with Gasteiger partial charge in [-0.15, -0.1) is 0 Å². The zero-order valence-electron chi connectivity index (χ0n) is 32.1. The van der Waals surface area contributed by atoms with Crippen molar-refractivity contribution in [3.8, 4) is 22.8 Å². The minimum atomic E-state index is -3.33. The Morgan fingerprint density at radius 1 is 0.828 bits per heavy atom. The maximum Gasteiger partial charge on any atom is 0.304 e. The first-order valence-electron chi connectivity index (χ1n) is 19.6. The van der Waals surface area contributed by atoms with Crippen LogP contribution in [0.5, 0.6) is 11.6 Å². The molecule has 302 valence electrons. The molecule has 0 radical (unpaired) electrons. The monoisotopic (exact) mass is 793 g/mol. The lowest BCUT2D eigenvalue weighted by Gasteiger charge is -2.34. The number of carbonyl (C=O) groups excluding carboxylic acids is 3. The molecule has 3 aliphatic rings. The number of piperidine rings is 1. The maximum atomic E-state index is 14.8. The summed E-state index contributed by atoms with van der Waals surface area (Å²) in [5.74, 6) is -4.79. The lowest BCUT2D eigenvalue weighted by atomic mass is 10.0. The summed E-state index contributed by atoms with van der Waals surface area (Å²) < 4.78 is 46.2. The Labute approximate surface area is 333 Å². The Bertz CT molecular complexity index is 2330. The predicted molar refractivity (Wildman–Crippen MR) is 213 cm³/mol. The summed E-state index contributed by atoms with van der Waals surface area (Å²) >= 11 is 0. The van der Waals surface area contributed by atoms with E-state index in [-0.39, 0.29) is 29.9 Å². The van der Waals surface area contributed by atoms with E-state index in [2.05, 4.69) is 54.8 Å². The van der Waals surface area contributed by atoms with Crippen LogP contribution in [0, 0.1) is 0 Å². The standard InChI is InChI=1S/C43H45F2N7O6/c1-28-7-11-36(40(53)48-28)52-41(54)32-5-4-6-37(39(32)42(52)55)58-27-43(44,45)26-56-21-3-2-15-50-16-18-51(19-17-50)20-22-57-38-12-9-30(24-47-38)29-8-10-31-33-25-46-14-13-34(33)49-35(31)23-29/h4-6,8-10,12-14,23-25,36,49H,1-3,7,11,15-22,26-27H2,(H,48,53). The second-order valence-electron chi connectivity index (χ2n) is 14.9. The molecule has 2 N–H and O–H groups in total. The van der Waals surface area contributed by atoms with Gasteiger partial charge in [0, 0.05) is 97.1 Å². The summed E-state index contributed by atoms with van der Waals surface area (Å²) in [6.45, 7) is 7.88. The fourth-order valence-electron chi connectivity index (χ4n) is 7.75. The van der Waals surface area contributed by atoms with Gasteiger partial charge in [-0.2, -0.15) is 0 Å². The van der Waals surface area contributed by atoms with E-state index >= 15 is 0 Å². The molecule has 2 saturated heterocycles. The number of rotatable bonds is 16. The van der Waals surface area contributed by atoms with Crippen molar-refractivity contribution in [3.05, 3.63) is 96.6 Å². The van der Waals surface area contributed by atoms with Gasteiger partial charge in [0.05, 0.1) is 11.1 Å². The predicted octanol–water partition coefficient (Wildman–Crippen LogP) is 5.67. The molecule has 2 aromatic carbocycles. The molecule has 1 unspecified atom stereocenters. The van der Waals surface area contributed by atoms with Gasteiger partial charge in [0.1, 0.15) is 25.0 Å². The normalized spacial score (nSPS) is 18.0. The molecule has 0 bridgehead atoms. The van der Waals surface area contributed by atoms with Gasteiger partial charge < -0.3 is 29.4 Å². The van der Waals surface area contributed by atoms with Crippen molar-refractivity contribution >= 4 is 39.5 Å². The topological polar surface area (TPSA) is 142 Å². The number of H-pyrrole nitrogens is 1. The number of hydrogen-bond acceptors (Lipinski definition) is 10. The van der Waals surface area contributed by atoms with Crippen molar-refractivity contribution in [1.29, 1.82) is 0 Å². The Hall–Kier alpha value is -5.77. The molecule has 3 aliphatic heterocycles. The Morgan fingerprint density at radius 2 is 1.64 bits per heavy atom. The van der Waals surface area contributed by atoms with Crippen molar-refractivity contribution < 1.29 is 37.4 Å². The second-order valence-corrected chi connectivity index (χ2v) is 14.9. The van der Waals surface area contributed by atoms with Gasteiger partial charge in [0.25, 0.3) is 11.8 Å². The summed E-state index contributed by atoms with van der Waals surface area (Å²) in [7, 11) is 0. The number of pyridine rings is 2. The Kier molecular flexibility index (Phi) is 11.4. The number of ether oxygens (including phenoxy) is 3. The summed E-state index contributed by atoms with van der Waals surface area (Å²) in [4.78, 5) is 56.7. The number of nitrogens with zero attached hydrogens (tertiary/aromatic N) is 5. The number of hydrogen-bond donors (Lipinski definition) is 2. The highest BCUT2D eigenvalue weighted by Crippen LogP contribution is 2.35. The highest BCUT2D eigenvalue weighted by atomic mass is 19.3. The second kappa shape index (κ2) is 17.0. The van der Waals surface area contributed by atoms with Crippen LogP contribution in [0.3, 0.4) is 0 Å². The Morgan fingerprint density at radius 3 is 2.43 bits per heavy atom. The molecule has 3 amide bonds. The van der Waals surface area contributed by atoms with E-state index in [9.17, 15) is 23.2 Å². The molecule has 5 aromatic rings. The first kappa shape index (κ1) is 39.1. The molecular weight excluding hydrogens is 749 g/mol. The average molecular weight is 794 g/mol. The quantitative estimate of drug-likeness (QED) is 0.0948. The first-order valence-corrected chi connectivity index (χ1v) is 19.6. The van der Waals surface area contributed by atoms with Gasteiger partial charge in [-0.25, -0.2) is 13.8 Å². The number of unbranched alkanes of at least 4 members (excludes halogenated alkanes) is 1. The minimum Gasteiger partial charge on any atom is -0.486 e. The van der Waals surface area contributed by atoms with E-state index in [0.29, 0.717) is 31.0 Å². The van der Waals surface area contributed by atoms with Crippen LogP contribution in [-0.4, -0.2) is 125 Å². The molecule has 3 aromatic heterocycles. The van der Waals surface area contributed by atoms with E-state index in [1.54, 1.807) is 6.20 Å². The van der Waals surface area contributed by atoms with Gasteiger partial charge in [-0.3, -0.25) is 29.2 Å². The number of amides is 3. The lowest BCUT2D eigenvalue weighted by Crippen LogP contribution is -2.51. The third-order valence-electron chi connectivity index (χ3n) is 10.9. The highest BCUT2D eigenvalue weighted by Gasteiger charge is 2.45. The van der Waals surface area contributed by atoms with Crippen LogP contribution < -0.4 is 14.8 Å². The molecule has 0 aliphatic carbocycles. The molecule has 2 fully saturated rings. The third kappa shape index (κ3) is 8.56. The minimum absolute atomic E-state index is 0.0141. The molecule has 13 nitrogen and oxygen atoms in total. The fourth-order valence-corrected chi connectivity index (χ4v) is 7.75. The van der Waals surface area contributed by atoms with Crippen molar-refractivity contribution in [1.82, 2.24) is 35.0 Å². The summed E-state index contributed by atoms with van der Waals surface area (Å²) in [5, 5.41) is 4.81. The van der Waals surface area contributed by atoms with E-state index in [1.165, 1.54) is 18.2 Å². The van der Waals surface area contributed by atoms with Crippen molar-refractivity contribution in [3.63, 3.8) is 0 Å². The number of aromatic nitrogens is 3. The van der Waals surface area contributed by atoms with Crippen LogP contribution in [0.1, 0.15) is 46.4 Å². The van der Waals surface area contributed by atoms with Crippen LogP contribution in [0.4, 0.5) is 8.78 Å². The molecule has 0 spiro atoms. The van der Waals surface area contributed by atoms with Gasteiger partial charge in [0.2, 0.25) is 11.8 Å². The number of benzene rings is 2. The largest absolute Gasteiger partial charge is 0.486 e. The fraction of sp³-hybridized carbons (Fsp3) is 0.372. The maximum absolute atomic E-state index is 14.8.